The van der Waals surface area contributed by atoms with Gasteiger partial charge in [-0.2, -0.15) is 0 Å². The number of rotatable bonds is 8. The Hall–Kier alpha value is -1.57. The second kappa shape index (κ2) is 9.64. The fraction of sp³-hybridized carbons (Fsp3) is 0.556. The summed E-state index contributed by atoms with van der Waals surface area (Å²) in [5, 5.41) is 11.5. The zero-order chi connectivity index (χ0) is 13.1. The van der Waals surface area contributed by atoms with E-state index in [4.69, 9.17) is 28.3 Å². The predicted octanol–water partition coefficient (Wildman–Crippen LogP) is -0.596. The van der Waals surface area contributed by atoms with Crippen molar-refractivity contribution in [2.24, 2.45) is 27.9 Å². The average molecular weight is 259 g/mol. The molecule has 0 rings (SSSR count). The van der Waals surface area contributed by atoms with E-state index < -0.39 is 0 Å². The molecule has 0 aliphatic carbocycles. The summed E-state index contributed by atoms with van der Waals surface area (Å²) < 4.78 is 0. The number of thioether (sulfide) groups is 1. The molecule has 0 spiro atoms. The van der Waals surface area contributed by atoms with Crippen LogP contribution in [0.5, 0.6) is 0 Å². The Morgan fingerprint density at radius 3 is 2.53 bits per heavy atom. The molecule has 0 fully saturated rings. The van der Waals surface area contributed by atoms with Crippen LogP contribution in [0.3, 0.4) is 0 Å². The van der Waals surface area contributed by atoms with Crippen molar-refractivity contribution in [2.45, 2.75) is 19.3 Å². The van der Waals surface area contributed by atoms with Gasteiger partial charge in [0.25, 0.3) is 0 Å². The van der Waals surface area contributed by atoms with E-state index in [1.165, 1.54) is 11.8 Å². The number of guanidine groups is 2. The number of allylic oxidation sites excluding steroid dienone is 1. The van der Waals surface area contributed by atoms with E-state index >= 15 is 0 Å². The zero-order valence-electron chi connectivity index (χ0n) is 9.78. The molecule has 10 N–H and O–H groups in total. The van der Waals surface area contributed by atoms with E-state index in [1.807, 2.05) is 5.41 Å². The second-order valence-electron chi connectivity index (χ2n) is 3.37. The Morgan fingerprint density at radius 2 is 1.94 bits per heavy atom. The highest BCUT2D eigenvalue weighted by Crippen LogP contribution is 2.09. The van der Waals surface area contributed by atoms with Gasteiger partial charge in [0.15, 0.2) is 11.9 Å². The molecular formula is C9H21N7S. The van der Waals surface area contributed by atoms with Crippen molar-refractivity contribution in [3.8, 4) is 0 Å². The minimum Gasteiger partial charge on any atom is -0.402 e. The predicted molar refractivity (Wildman–Crippen MR) is 74.3 cm³/mol. The van der Waals surface area contributed by atoms with Crippen molar-refractivity contribution in [1.29, 1.82) is 5.41 Å². The molecular weight excluding hydrogens is 238 g/mol. The lowest BCUT2D eigenvalue weighted by atomic mass is 10.2. The fourth-order valence-electron chi connectivity index (χ4n) is 0.992. The first kappa shape index (κ1) is 15.4. The van der Waals surface area contributed by atoms with E-state index in [9.17, 15) is 0 Å². The van der Waals surface area contributed by atoms with Crippen LogP contribution in [0.25, 0.3) is 0 Å². The van der Waals surface area contributed by atoms with Crippen LogP contribution in [0.2, 0.25) is 0 Å². The van der Waals surface area contributed by atoms with Gasteiger partial charge in [-0.05, 0) is 24.7 Å². The lowest BCUT2D eigenvalue weighted by Crippen LogP contribution is -2.30. The smallest absolute Gasteiger partial charge is 0.186 e. The zero-order valence-corrected chi connectivity index (χ0v) is 10.6. The van der Waals surface area contributed by atoms with Gasteiger partial charge in [0.1, 0.15) is 0 Å². The molecule has 0 aliphatic heterocycles. The quantitative estimate of drug-likeness (QED) is 0.194. The van der Waals surface area contributed by atoms with Gasteiger partial charge in [0, 0.05) is 12.2 Å². The van der Waals surface area contributed by atoms with Crippen molar-refractivity contribution < 1.29 is 0 Å². The van der Waals surface area contributed by atoms with Gasteiger partial charge in [0.2, 0.25) is 0 Å². The first-order chi connectivity index (χ1) is 8.02. The molecule has 7 nitrogen and oxygen atoms in total. The Bertz CT molecular complexity index is 283. The topological polar surface area (TPSA) is 152 Å². The summed E-state index contributed by atoms with van der Waals surface area (Å²) in [6.07, 6.45) is 2.69. The molecule has 0 saturated carbocycles. The van der Waals surface area contributed by atoms with Gasteiger partial charge < -0.3 is 28.3 Å². The molecule has 0 aliphatic rings. The first-order valence-electron chi connectivity index (χ1n) is 5.21. The van der Waals surface area contributed by atoms with Gasteiger partial charge in [-0.15, -0.1) is 11.8 Å². The van der Waals surface area contributed by atoms with Crippen LogP contribution in [0, 0.1) is 5.41 Å². The number of nitrogens with two attached hydrogens (primary N) is 4. The van der Waals surface area contributed by atoms with Crippen LogP contribution >= 0.6 is 11.8 Å². The van der Waals surface area contributed by atoms with E-state index in [-0.39, 0.29) is 11.9 Å². The molecule has 0 amide bonds. The summed E-state index contributed by atoms with van der Waals surface area (Å²) in [6.45, 7) is 0.698. The minimum absolute atomic E-state index is 0.00121. The number of nitrogens with one attached hydrogen (secondary N) is 2. The Kier molecular flexibility index (Phi) is 8.75. The molecule has 0 bridgehead atoms. The normalized spacial score (nSPS) is 10.9. The monoisotopic (exact) mass is 259 g/mol. The van der Waals surface area contributed by atoms with Crippen LogP contribution in [0.4, 0.5) is 0 Å². The number of unbranched alkanes of at least 4 members (excludes halogenated alkanes) is 1. The van der Waals surface area contributed by atoms with Gasteiger partial charge in [-0.25, -0.2) is 4.99 Å². The molecule has 8 heteroatoms. The van der Waals surface area contributed by atoms with E-state index in [2.05, 4.69) is 10.3 Å². The molecule has 0 aromatic heterocycles. The summed E-state index contributed by atoms with van der Waals surface area (Å²) in [6, 6.07) is 0. The number of hydrogen-bond donors (Lipinski definition) is 6. The van der Waals surface area contributed by atoms with Crippen LogP contribution in [-0.4, -0.2) is 24.3 Å². The van der Waals surface area contributed by atoms with Gasteiger partial charge in [-0.3, -0.25) is 5.41 Å². The van der Waals surface area contributed by atoms with Crippen molar-refractivity contribution in [1.82, 2.24) is 5.32 Å². The lowest BCUT2D eigenvalue weighted by Gasteiger charge is -2.03. The van der Waals surface area contributed by atoms with Gasteiger partial charge in [0.05, 0.1) is 5.88 Å². The largest absolute Gasteiger partial charge is 0.402 e. The molecule has 17 heavy (non-hydrogen) atoms. The van der Waals surface area contributed by atoms with Gasteiger partial charge in [-0.1, -0.05) is 0 Å². The Morgan fingerprint density at radius 1 is 1.24 bits per heavy atom. The summed E-state index contributed by atoms with van der Waals surface area (Å²) >= 11 is 1.45. The molecule has 0 unspecified atom stereocenters. The molecule has 0 saturated heterocycles. The highest BCUT2D eigenvalue weighted by molar-refractivity contribution is 8.02. The van der Waals surface area contributed by atoms with Crippen LogP contribution in [0.15, 0.2) is 16.1 Å². The summed E-state index contributed by atoms with van der Waals surface area (Å²) in [5.41, 5.74) is 22.1. The highest BCUT2D eigenvalue weighted by atomic mass is 32.2. The third-order valence-corrected chi connectivity index (χ3v) is 2.51. The number of nitrogens with zero attached hydrogens (tertiary/aromatic N) is 1. The summed E-state index contributed by atoms with van der Waals surface area (Å²) in [7, 11) is 0. The summed E-state index contributed by atoms with van der Waals surface area (Å²) in [5.74, 6) is 0.565. The minimum atomic E-state index is 0.00121. The highest BCUT2D eigenvalue weighted by Gasteiger charge is 1.93. The van der Waals surface area contributed by atoms with E-state index in [1.54, 1.807) is 0 Å². The fourth-order valence-corrected chi connectivity index (χ4v) is 1.62. The first-order valence-corrected chi connectivity index (χ1v) is 6.26. The van der Waals surface area contributed by atoms with Crippen molar-refractivity contribution in [2.75, 3.05) is 12.4 Å². The third kappa shape index (κ3) is 12.4. The number of hydrogen-bond acceptors (Lipinski definition) is 4. The molecule has 0 aromatic carbocycles. The van der Waals surface area contributed by atoms with E-state index in [0.29, 0.717) is 12.4 Å². The van der Waals surface area contributed by atoms with Crippen LogP contribution in [-0.2, 0) is 0 Å². The van der Waals surface area contributed by atoms with Crippen molar-refractivity contribution in [3.63, 3.8) is 0 Å². The SMILES string of the molecule is N=C(N)NCCCC/C(N)=C/SCN=C(N)N. The Labute approximate surface area is 106 Å². The molecule has 0 heterocycles. The van der Waals surface area contributed by atoms with E-state index in [0.717, 1.165) is 25.0 Å². The average Bonchev–Trinajstić information content (AvgIpc) is 2.23. The maximum absolute atomic E-state index is 6.96. The second-order valence-corrected chi connectivity index (χ2v) is 4.20. The molecule has 98 valence electrons. The van der Waals surface area contributed by atoms with Crippen molar-refractivity contribution >= 4 is 23.7 Å². The molecule has 0 aromatic rings. The van der Waals surface area contributed by atoms with Crippen molar-refractivity contribution in [3.05, 3.63) is 11.1 Å². The Balaban J connectivity index is 3.50. The maximum Gasteiger partial charge on any atom is 0.186 e. The summed E-state index contributed by atoms with van der Waals surface area (Å²) in [4.78, 5) is 3.81. The van der Waals surface area contributed by atoms with Crippen LogP contribution in [0.1, 0.15) is 19.3 Å². The van der Waals surface area contributed by atoms with Crippen LogP contribution < -0.4 is 28.3 Å². The molecule has 0 atom stereocenters. The lowest BCUT2D eigenvalue weighted by molar-refractivity contribution is 0.700. The van der Waals surface area contributed by atoms with Gasteiger partial charge >= 0.3 is 0 Å². The standard InChI is InChI=1S/C9H21N7S/c10-7(5-17-6-16-9(13)14)3-1-2-4-15-8(11)12/h5H,1-4,6,10H2,(H4,11,12,15)(H4,13,14,16)/b7-5-. The number of aliphatic imine (C=N–C) groups is 1. The third-order valence-electron chi connectivity index (χ3n) is 1.76. The molecule has 0 radical (unpaired) electrons. The maximum atomic E-state index is 6.96.